The number of aliphatic hydroxyl groups is 1. The number of H-pyrrole nitrogens is 2. The largest absolute Gasteiger partial charge is 0.469 e. The van der Waals surface area contributed by atoms with Crippen LogP contribution >= 0.6 is 0 Å². The summed E-state index contributed by atoms with van der Waals surface area (Å²) in [6.07, 6.45) is 0.141. The van der Waals surface area contributed by atoms with Gasteiger partial charge in [-0.2, -0.15) is 0 Å². The molecule has 0 radical (unpaired) electrons. The van der Waals surface area contributed by atoms with Gasteiger partial charge in [0.05, 0.1) is 18.6 Å². The van der Waals surface area contributed by atoms with Crippen LogP contribution < -0.4 is 15.0 Å². The molecule has 0 bridgehead atoms. The molecule has 0 spiro atoms. The van der Waals surface area contributed by atoms with Crippen molar-refractivity contribution >= 4 is 5.97 Å². The molecule has 3 atom stereocenters. The van der Waals surface area contributed by atoms with Gasteiger partial charge in [0.1, 0.15) is 0 Å². The number of hydrogen-bond donors (Lipinski definition) is 3. The predicted octanol–water partition coefficient (Wildman–Crippen LogP) is 0.660. The van der Waals surface area contributed by atoms with E-state index in [-0.39, 0.29) is 18.8 Å². The number of benzene rings is 1. The molecular weight excluding hydrogens is 328 g/mol. The molecule has 1 aliphatic heterocycles. The van der Waals surface area contributed by atoms with Gasteiger partial charge in [-0.3, -0.25) is 14.7 Å². The topological polar surface area (TPSA) is 114 Å². The average molecular weight is 346 g/mol. The number of hydrogen-bond acceptors (Lipinski definition) is 6. The van der Waals surface area contributed by atoms with Crippen molar-refractivity contribution in [1.29, 1.82) is 0 Å². The van der Waals surface area contributed by atoms with E-state index in [0.29, 0.717) is 28.3 Å². The molecule has 2 heterocycles. The Labute approximate surface area is 142 Å². The molecule has 3 N–H and O–H groups in total. The van der Waals surface area contributed by atoms with Crippen molar-refractivity contribution in [3.8, 4) is 11.5 Å². The van der Waals surface area contributed by atoms with Crippen LogP contribution in [0.5, 0.6) is 11.5 Å². The number of nitrogens with one attached hydrogen (secondary N) is 2. The predicted molar refractivity (Wildman–Crippen MR) is 85.7 cm³/mol. The molecule has 2 aromatic rings. The fraction of sp³-hybridized carbons (Fsp3) is 0.412. The Kier molecular flexibility index (Phi) is 3.40. The zero-order valence-corrected chi connectivity index (χ0v) is 13.8. The monoisotopic (exact) mass is 346 g/mol. The van der Waals surface area contributed by atoms with Crippen LogP contribution in [0.15, 0.2) is 23.0 Å². The van der Waals surface area contributed by atoms with Crippen LogP contribution in [0.3, 0.4) is 0 Å². The van der Waals surface area contributed by atoms with E-state index in [1.807, 2.05) is 0 Å². The van der Waals surface area contributed by atoms with Crippen molar-refractivity contribution in [3.05, 3.63) is 45.4 Å². The second kappa shape index (κ2) is 5.38. The summed E-state index contributed by atoms with van der Waals surface area (Å²) in [6, 6.07) is 5.24. The van der Waals surface area contributed by atoms with Crippen LogP contribution in [0.2, 0.25) is 0 Å². The lowest BCUT2D eigenvalue weighted by Gasteiger charge is -2.40. The SMILES string of the molecule is COC(=O)[C@@H]1[C@H](c2ccc3c(c2)OCO3)c2c([nH][nH]c2=O)C[C@@]1(C)O. The highest BCUT2D eigenvalue weighted by molar-refractivity contribution is 5.77. The van der Waals surface area contributed by atoms with E-state index in [1.54, 1.807) is 25.1 Å². The maximum Gasteiger partial charge on any atom is 0.312 e. The molecule has 8 heteroatoms. The highest BCUT2D eigenvalue weighted by atomic mass is 16.7. The highest BCUT2D eigenvalue weighted by Gasteiger charge is 2.51. The molecule has 132 valence electrons. The van der Waals surface area contributed by atoms with Gasteiger partial charge in [-0.25, -0.2) is 0 Å². The second-order valence-electron chi connectivity index (χ2n) is 6.60. The van der Waals surface area contributed by atoms with E-state index in [2.05, 4.69) is 10.2 Å². The van der Waals surface area contributed by atoms with Gasteiger partial charge in [-0.15, -0.1) is 0 Å². The van der Waals surface area contributed by atoms with Crippen LogP contribution in [-0.4, -0.2) is 40.8 Å². The normalized spacial score (nSPS) is 27.0. The molecule has 25 heavy (non-hydrogen) atoms. The Hall–Kier alpha value is -2.74. The number of ether oxygens (including phenoxy) is 3. The molecule has 1 aromatic heterocycles. The molecule has 0 amide bonds. The summed E-state index contributed by atoms with van der Waals surface area (Å²) < 4.78 is 15.7. The van der Waals surface area contributed by atoms with Gasteiger partial charge in [0.25, 0.3) is 5.56 Å². The number of carbonyl (C=O) groups excluding carboxylic acids is 1. The lowest BCUT2D eigenvalue weighted by molar-refractivity contribution is -0.156. The van der Waals surface area contributed by atoms with E-state index in [0.717, 1.165) is 0 Å². The van der Waals surface area contributed by atoms with Gasteiger partial charge >= 0.3 is 5.97 Å². The number of carbonyl (C=O) groups is 1. The highest BCUT2D eigenvalue weighted by Crippen LogP contribution is 2.46. The first-order valence-corrected chi connectivity index (χ1v) is 7.91. The van der Waals surface area contributed by atoms with Crippen molar-refractivity contribution in [2.24, 2.45) is 5.92 Å². The number of aromatic nitrogens is 2. The second-order valence-corrected chi connectivity index (χ2v) is 6.60. The first kappa shape index (κ1) is 15.8. The minimum absolute atomic E-state index is 0.123. The van der Waals surface area contributed by atoms with Crippen molar-refractivity contribution in [1.82, 2.24) is 10.2 Å². The summed E-state index contributed by atoms with van der Waals surface area (Å²) in [4.78, 5) is 24.9. The average Bonchev–Trinajstić information content (AvgIpc) is 3.18. The molecular formula is C17H18N2O6. The number of aromatic amines is 2. The third-order valence-electron chi connectivity index (χ3n) is 4.96. The Morgan fingerprint density at radius 3 is 2.84 bits per heavy atom. The number of fused-ring (bicyclic) bond motifs is 2. The Bertz CT molecular complexity index is 897. The number of rotatable bonds is 2. The van der Waals surface area contributed by atoms with E-state index < -0.39 is 23.4 Å². The fourth-order valence-electron chi connectivity index (χ4n) is 3.85. The summed E-state index contributed by atoms with van der Waals surface area (Å²) in [7, 11) is 1.27. The minimum atomic E-state index is -1.38. The standard InChI is InChI=1S/C17H18N2O6/c1-17(22)6-9-13(15(20)19-18-9)12(14(17)16(21)23-2)8-3-4-10-11(5-8)25-7-24-10/h3-5,12,14,22H,6-7H2,1-2H3,(H2,18,19,20)/t12-,14+,17-/m1/s1. The molecule has 1 aliphatic carbocycles. The van der Waals surface area contributed by atoms with Crippen molar-refractivity contribution in [2.75, 3.05) is 13.9 Å². The molecule has 0 saturated carbocycles. The lowest BCUT2D eigenvalue weighted by Crippen LogP contribution is -2.49. The maximum atomic E-state index is 12.5. The zero-order valence-electron chi connectivity index (χ0n) is 13.8. The summed E-state index contributed by atoms with van der Waals surface area (Å²) >= 11 is 0. The van der Waals surface area contributed by atoms with Gasteiger partial charge in [0.15, 0.2) is 11.5 Å². The third kappa shape index (κ3) is 2.32. The van der Waals surface area contributed by atoms with Crippen molar-refractivity contribution in [2.45, 2.75) is 24.9 Å². The first-order chi connectivity index (χ1) is 11.9. The van der Waals surface area contributed by atoms with Gasteiger partial charge < -0.3 is 24.4 Å². The van der Waals surface area contributed by atoms with Gasteiger partial charge in [-0.05, 0) is 24.6 Å². The van der Waals surface area contributed by atoms with Crippen LogP contribution in [0.25, 0.3) is 0 Å². The van der Waals surface area contributed by atoms with Crippen LogP contribution in [-0.2, 0) is 16.0 Å². The summed E-state index contributed by atoms with van der Waals surface area (Å²) in [6.45, 7) is 1.69. The third-order valence-corrected chi connectivity index (χ3v) is 4.96. The molecule has 0 fully saturated rings. The van der Waals surface area contributed by atoms with Crippen LogP contribution in [0.4, 0.5) is 0 Å². The van der Waals surface area contributed by atoms with Gasteiger partial charge in [-0.1, -0.05) is 6.07 Å². The molecule has 2 aliphatic rings. The quantitative estimate of drug-likeness (QED) is 0.689. The number of esters is 1. The van der Waals surface area contributed by atoms with E-state index in [1.165, 1.54) is 7.11 Å². The Morgan fingerprint density at radius 2 is 2.08 bits per heavy atom. The Balaban J connectivity index is 1.93. The zero-order chi connectivity index (χ0) is 17.8. The van der Waals surface area contributed by atoms with E-state index in [4.69, 9.17) is 14.2 Å². The molecule has 4 rings (SSSR count). The Morgan fingerprint density at radius 1 is 1.32 bits per heavy atom. The summed E-state index contributed by atoms with van der Waals surface area (Å²) in [5.41, 5.74) is -0.0154. The minimum Gasteiger partial charge on any atom is -0.469 e. The molecule has 8 nitrogen and oxygen atoms in total. The fourth-order valence-corrected chi connectivity index (χ4v) is 3.85. The lowest BCUT2D eigenvalue weighted by atomic mass is 9.66. The molecule has 0 unspecified atom stereocenters. The van der Waals surface area contributed by atoms with E-state index >= 15 is 0 Å². The molecule has 0 saturated heterocycles. The van der Waals surface area contributed by atoms with Crippen LogP contribution in [0.1, 0.15) is 29.7 Å². The van der Waals surface area contributed by atoms with Crippen molar-refractivity contribution < 1.29 is 24.1 Å². The van der Waals surface area contributed by atoms with Crippen LogP contribution in [0, 0.1) is 5.92 Å². The summed E-state index contributed by atoms with van der Waals surface area (Å²) in [5, 5.41) is 16.3. The smallest absolute Gasteiger partial charge is 0.312 e. The summed E-state index contributed by atoms with van der Waals surface area (Å²) in [5.74, 6) is -1.03. The molecule has 1 aromatic carbocycles. The first-order valence-electron chi connectivity index (χ1n) is 7.91. The number of methoxy groups -OCH3 is 1. The van der Waals surface area contributed by atoms with Crippen molar-refractivity contribution in [3.63, 3.8) is 0 Å². The maximum absolute atomic E-state index is 12.5. The van der Waals surface area contributed by atoms with E-state index in [9.17, 15) is 14.7 Å². The van der Waals surface area contributed by atoms with Gasteiger partial charge in [0, 0.05) is 23.6 Å². The van der Waals surface area contributed by atoms with Gasteiger partial charge in [0.2, 0.25) is 6.79 Å².